The highest BCUT2D eigenvalue weighted by molar-refractivity contribution is 9.10. The van der Waals surface area contributed by atoms with Crippen molar-refractivity contribution in [3.8, 4) is 11.1 Å². The zero-order valence-corrected chi connectivity index (χ0v) is 18.8. The van der Waals surface area contributed by atoms with Crippen molar-refractivity contribution in [1.29, 1.82) is 0 Å². The van der Waals surface area contributed by atoms with Gasteiger partial charge < -0.3 is 0 Å². The molecule has 0 saturated carbocycles. The Kier molecular flexibility index (Phi) is 4.40. The average Bonchev–Trinajstić information content (AvgIpc) is 3.01. The van der Waals surface area contributed by atoms with Gasteiger partial charge in [-0.2, -0.15) is 0 Å². The number of fused-ring (bicyclic) bond motifs is 3. The Balaban J connectivity index is 1.93. The molecule has 3 aromatic carbocycles. The predicted molar refractivity (Wildman–Crippen MR) is 126 cm³/mol. The van der Waals surface area contributed by atoms with Crippen LogP contribution in [0.25, 0.3) is 11.1 Å². The Morgan fingerprint density at radius 2 is 1.72 bits per heavy atom. The maximum absolute atomic E-state index is 3.76. The van der Waals surface area contributed by atoms with Crippen molar-refractivity contribution >= 4 is 15.9 Å². The van der Waals surface area contributed by atoms with Gasteiger partial charge in [0.25, 0.3) is 0 Å². The van der Waals surface area contributed by atoms with Gasteiger partial charge >= 0.3 is 0 Å². The summed E-state index contributed by atoms with van der Waals surface area (Å²) < 4.78 is 1.13. The van der Waals surface area contributed by atoms with Crippen LogP contribution in [-0.4, -0.2) is 0 Å². The zero-order valence-electron chi connectivity index (χ0n) is 17.2. The molecule has 0 amide bonds. The molecule has 0 saturated heterocycles. The molecule has 0 aliphatic heterocycles. The lowest BCUT2D eigenvalue weighted by molar-refractivity contribution is 0.690. The second-order valence-corrected chi connectivity index (χ2v) is 9.45. The lowest BCUT2D eigenvalue weighted by Crippen LogP contribution is -2.30. The molecule has 0 fully saturated rings. The van der Waals surface area contributed by atoms with Crippen LogP contribution in [-0.2, 0) is 5.41 Å². The average molecular weight is 441 g/mol. The first-order valence-electron chi connectivity index (χ1n) is 10.4. The van der Waals surface area contributed by atoms with E-state index in [1.165, 1.54) is 44.5 Å². The van der Waals surface area contributed by atoms with Gasteiger partial charge in [0.15, 0.2) is 0 Å². The van der Waals surface area contributed by atoms with Crippen LogP contribution in [0.4, 0.5) is 0 Å². The van der Waals surface area contributed by atoms with Crippen LogP contribution in [0.3, 0.4) is 0 Å². The summed E-state index contributed by atoms with van der Waals surface area (Å²) in [6, 6.07) is 22.7. The molecule has 0 radical (unpaired) electrons. The van der Waals surface area contributed by atoms with E-state index >= 15 is 0 Å². The Morgan fingerprint density at radius 3 is 2.45 bits per heavy atom. The fraction of sp³-hybridized carbons (Fsp3) is 0.214. The summed E-state index contributed by atoms with van der Waals surface area (Å²) in [4.78, 5) is 0. The fourth-order valence-electron chi connectivity index (χ4n) is 5.13. The summed E-state index contributed by atoms with van der Waals surface area (Å²) in [6.07, 6.45) is 8.30. The van der Waals surface area contributed by atoms with Crippen molar-refractivity contribution in [2.24, 2.45) is 5.92 Å². The van der Waals surface area contributed by atoms with Gasteiger partial charge in [0.05, 0.1) is 5.41 Å². The lowest BCUT2D eigenvalue weighted by Gasteiger charge is -2.36. The van der Waals surface area contributed by atoms with Crippen molar-refractivity contribution in [2.75, 3.05) is 0 Å². The highest BCUT2D eigenvalue weighted by Crippen LogP contribution is 2.58. The van der Waals surface area contributed by atoms with E-state index in [2.05, 4.69) is 116 Å². The van der Waals surface area contributed by atoms with Gasteiger partial charge in [-0.15, -0.1) is 0 Å². The van der Waals surface area contributed by atoms with E-state index in [4.69, 9.17) is 0 Å². The smallest absolute Gasteiger partial charge is 0.0710 e. The second-order valence-electron chi connectivity index (χ2n) is 8.53. The number of halogens is 1. The van der Waals surface area contributed by atoms with Crippen molar-refractivity contribution in [3.63, 3.8) is 0 Å². The summed E-state index contributed by atoms with van der Waals surface area (Å²) in [6.45, 7) is 6.69. The molecule has 0 nitrogen and oxygen atoms in total. The molecule has 2 aliphatic rings. The van der Waals surface area contributed by atoms with Gasteiger partial charge in [0.1, 0.15) is 0 Å². The predicted octanol–water partition coefficient (Wildman–Crippen LogP) is 7.90. The normalized spacial score (nSPS) is 22.2. The van der Waals surface area contributed by atoms with Gasteiger partial charge in [-0.3, -0.25) is 0 Å². The van der Waals surface area contributed by atoms with Crippen LogP contribution in [0.1, 0.15) is 41.2 Å². The highest BCUT2D eigenvalue weighted by Gasteiger charge is 2.47. The molecule has 0 bridgehead atoms. The first-order valence-corrected chi connectivity index (χ1v) is 11.2. The Labute approximate surface area is 182 Å². The number of aryl methyl sites for hydroxylation is 2. The number of hydrogen-bond acceptors (Lipinski definition) is 0. The molecule has 144 valence electrons. The first-order chi connectivity index (χ1) is 14.0. The molecule has 0 N–H and O–H groups in total. The minimum Gasteiger partial charge on any atom is -0.0811 e. The lowest BCUT2D eigenvalue weighted by atomic mass is 9.65. The molecule has 29 heavy (non-hydrogen) atoms. The van der Waals surface area contributed by atoms with Crippen LogP contribution in [0, 0.1) is 19.8 Å². The van der Waals surface area contributed by atoms with Crippen molar-refractivity contribution in [2.45, 2.75) is 32.6 Å². The Bertz CT molecular complexity index is 1160. The molecular formula is C28H25Br. The monoisotopic (exact) mass is 440 g/mol. The summed E-state index contributed by atoms with van der Waals surface area (Å²) in [7, 11) is 0. The maximum Gasteiger partial charge on any atom is 0.0710 e. The third kappa shape index (κ3) is 2.71. The van der Waals surface area contributed by atoms with Crippen LogP contribution >= 0.6 is 15.9 Å². The SMILES string of the molecule is Cc1ccc(C2(C3=CCC(C)C=C3)c3cc(Br)ccc3-c3c(C)cccc32)cc1. The van der Waals surface area contributed by atoms with E-state index < -0.39 is 0 Å². The number of benzene rings is 3. The van der Waals surface area contributed by atoms with Crippen molar-refractivity contribution < 1.29 is 0 Å². The third-order valence-electron chi connectivity index (χ3n) is 6.56. The van der Waals surface area contributed by atoms with Gasteiger partial charge in [0, 0.05) is 4.47 Å². The fourth-order valence-corrected chi connectivity index (χ4v) is 5.49. The van der Waals surface area contributed by atoms with Gasteiger partial charge in [-0.25, -0.2) is 0 Å². The summed E-state index contributed by atoms with van der Waals surface area (Å²) in [5.74, 6) is 0.592. The number of allylic oxidation sites excluding steroid dienone is 4. The molecule has 0 aromatic heterocycles. The second kappa shape index (κ2) is 6.85. The minimum absolute atomic E-state index is 0.273. The van der Waals surface area contributed by atoms with Gasteiger partial charge in [0.2, 0.25) is 0 Å². The standard InChI is InChI=1S/C28H25Br/c1-18-7-11-21(12-8-18)28(22-13-9-19(2)10-14-22)25-6-4-5-20(3)27(25)24-16-15-23(29)17-26(24)28/h4-9,11-17,19H,10H2,1-3H3. The van der Waals surface area contributed by atoms with E-state index in [0.717, 1.165) is 10.9 Å². The molecule has 3 aromatic rings. The number of hydrogen-bond donors (Lipinski definition) is 0. The van der Waals surface area contributed by atoms with E-state index in [1.807, 2.05) is 0 Å². The van der Waals surface area contributed by atoms with Crippen LogP contribution in [0.15, 0.2) is 88.9 Å². The molecular weight excluding hydrogens is 416 g/mol. The maximum atomic E-state index is 3.76. The highest BCUT2D eigenvalue weighted by atomic mass is 79.9. The first kappa shape index (κ1) is 18.6. The minimum atomic E-state index is -0.273. The van der Waals surface area contributed by atoms with Crippen LogP contribution in [0.2, 0.25) is 0 Å². The largest absolute Gasteiger partial charge is 0.0811 e. The van der Waals surface area contributed by atoms with Crippen molar-refractivity contribution in [3.05, 3.63) is 117 Å². The molecule has 0 spiro atoms. The Hall–Kier alpha value is -2.38. The van der Waals surface area contributed by atoms with E-state index in [0.29, 0.717) is 5.92 Å². The quantitative estimate of drug-likeness (QED) is 0.379. The van der Waals surface area contributed by atoms with Crippen molar-refractivity contribution in [1.82, 2.24) is 0 Å². The molecule has 5 rings (SSSR count). The summed E-state index contributed by atoms with van der Waals surface area (Å²) in [5.41, 5.74) is 10.6. The van der Waals surface area contributed by atoms with E-state index in [9.17, 15) is 0 Å². The van der Waals surface area contributed by atoms with E-state index in [1.54, 1.807) is 0 Å². The zero-order chi connectivity index (χ0) is 20.2. The summed E-state index contributed by atoms with van der Waals surface area (Å²) in [5, 5.41) is 0. The topological polar surface area (TPSA) is 0 Å². The van der Waals surface area contributed by atoms with Crippen LogP contribution < -0.4 is 0 Å². The molecule has 0 heterocycles. The van der Waals surface area contributed by atoms with Crippen LogP contribution in [0.5, 0.6) is 0 Å². The molecule has 2 aliphatic carbocycles. The Morgan fingerprint density at radius 1 is 0.931 bits per heavy atom. The van der Waals surface area contributed by atoms with Gasteiger partial charge in [-0.1, -0.05) is 95.2 Å². The van der Waals surface area contributed by atoms with E-state index in [-0.39, 0.29) is 5.41 Å². The number of rotatable bonds is 2. The molecule has 1 heteroatoms. The molecule has 2 unspecified atom stereocenters. The molecule has 2 atom stereocenters. The third-order valence-corrected chi connectivity index (χ3v) is 7.06. The van der Waals surface area contributed by atoms with Gasteiger partial charge in [-0.05, 0) is 77.3 Å². The summed E-state index contributed by atoms with van der Waals surface area (Å²) >= 11 is 3.76.